The van der Waals surface area contributed by atoms with Crippen molar-refractivity contribution in [2.45, 2.75) is 40.0 Å². The number of nitrogens with one attached hydrogen (secondary N) is 1. The normalized spacial score (nSPS) is 10.1. The van der Waals surface area contributed by atoms with E-state index in [1.165, 1.54) is 6.20 Å². The maximum atomic E-state index is 11.7. The summed E-state index contributed by atoms with van der Waals surface area (Å²) in [7, 11) is 0. The van der Waals surface area contributed by atoms with E-state index in [1.807, 2.05) is 20.8 Å². The lowest BCUT2D eigenvalue weighted by Gasteiger charge is -2.11. The van der Waals surface area contributed by atoms with Gasteiger partial charge in [0.1, 0.15) is 5.69 Å². The van der Waals surface area contributed by atoms with E-state index in [4.69, 9.17) is 9.47 Å². The van der Waals surface area contributed by atoms with Crippen molar-refractivity contribution in [1.82, 2.24) is 9.97 Å². The fourth-order valence-electron chi connectivity index (χ4n) is 1.43. The molecule has 19 heavy (non-hydrogen) atoms. The number of amides is 1. The van der Waals surface area contributed by atoms with Crippen molar-refractivity contribution in [2.75, 3.05) is 18.5 Å². The van der Waals surface area contributed by atoms with Gasteiger partial charge in [0.15, 0.2) is 0 Å². The second kappa shape index (κ2) is 8.29. The number of unbranched alkanes of at least 4 members (excludes halogenated alkanes) is 1. The van der Waals surface area contributed by atoms with Crippen LogP contribution in [-0.2, 0) is 4.79 Å². The quantitative estimate of drug-likeness (QED) is 0.783. The molecule has 0 radical (unpaired) electrons. The van der Waals surface area contributed by atoms with Crippen LogP contribution >= 0.6 is 0 Å². The summed E-state index contributed by atoms with van der Waals surface area (Å²) in [6.45, 7) is 6.68. The summed E-state index contributed by atoms with van der Waals surface area (Å²) < 4.78 is 10.6. The first-order valence-corrected chi connectivity index (χ1v) is 6.63. The first kappa shape index (κ1) is 15.2. The predicted octanol–water partition coefficient (Wildman–Crippen LogP) is 2.40. The predicted molar refractivity (Wildman–Crippen MR) is 72.5 cm³/mol. The molecule has 106 valence electrons. The Labute approximate surface area is 113 Å². The summed E-state index contributed by atoms with van der Waals surface area (Å²) in [4.78, 5) is 19.8. The van der Waals surface area contributed by atoms with Crippen molar-refractivity contribution < 1.29 is 14.3 Å². The van der Waals surface area contributed by atoms with Crippen LogP contribution < -0.4 is 14.8 Å². The second-order valence-electron chi connectivity index (χ2n) is 3.89. The number of carbonyl (C=O) groups excluding carboxylic acids is 1. The zero-order valence-electron chi connectivity index (χ0n) is 11.7. The van der Waals surface area contributed by atoms with Crippen LogP contribution in [-0.4, -0.2) is 29.1 Å². The maximum absolute atomic E-state index is 11.7. The van der Waals surface area contributed by atoms with Crippen molar-refractivity contribution >= 4 is 11.6 Å². The largest absolute Gasteiger partial charge is 0.476 e. The second-order valence-corrected chi connectivity index (χ2v) is 3.89. The highest BCUT2D eigenvalue weighted by atomic mass is 16.5. The summed E-state index contributed by atoms with van der Waals surface area (Å²) in [5.74, 6) is 0.279. The lowest BCUT2D eigenvalue weighted by Crippen LogP contribution is -2.13. The van der Waals surface area contributed by atoms with E-state index in [0.29, 0.717) is 31.2 Å². The number of carbonyl (C=O) groups is 1. The molecule has 0 aliphatic carbocycles. The SMILES string of the molecule is CCCCC(=O)Nc1cnc(OCC)nc1OCC. The number of nitrogens with zero attached hydrogens (tertiary/aromatic N) is 2. The molecule has 0 fully saturated rings. The maximum Gasteiger partial charge on any atom is 0.319 e. The van der Waals surface area contributed by atoms with Gasteiger partial charge in [-0.2, -0.15) is 4.98 Å². The third-order valence-electron chi connectivity index (χ3n) is 2.32. The van der Waals surface area contributed by atoms with E-state index in [-0.39, 0.29) is 11.9 Å². The highest BCUT2D eigenvalue weighted by Crippen LogP contribution is 2.23. The van der Waals surface area contributed by atoms with Crippen molar-refractivity contribution in [3.63, 3.8) is 0 Å². The minimum atomic E-state index is -0.0597. The van der Waals surface area contributed by atoms with Gasteiger partial charge in [-0.3, -0.25) is 4.79 Å². The smallest absolute Gasteiger partial charge is 0.319 e. The van der Waals surface area contributed by atoms with Crippen molar-refractivity contribution in [3.05, 3.63) is 6.20 Å². The molecular formula is C13H21N3O3. The Hall–Kier alpha value is -1.85. The average Bonchev–Trinajstić information content (AvgIpc) is 2.40. The Kier molecular flexibility index (Phi) is 6.63. The highest BCUT2D eigenvalue weighted by Gasteiger charge is 2.11. The fourth-order valence-corrected chi connectivity index (χ4v) is 1.43. The van der Waals surface area contributed by atoms with Gasteiger partial charge in [-0.15, -0.1) is 0 Å². The van der Waals surface area contributed by atoms with Crippen LogP contribution in [0.5, 0.6) is 11.9 Å². The Morgan fingerprint density at radius 1 is 1.26 bits per heavy atom. The van der Waals surface area contributed by atoms with Crippen molar-refractivity contribution in [1.29, 1.82) is 0 Å². The number of ether oxygens (including phenoxy) is 2. The minimum Gasteiger partial charge on any atom is -0.476 e. The number of rotatable bonds is 8. The van der Waals surface area contributed by atoms with Gasteiger partial charge in [-0.05, 0) is 20.3 Å². The zero-order chi connectivity index (χ0) is 14.1. The molecule has 1 rings (SSSR count). The number of aromatic nitrogens is 2. The Balaban J connectivity index is 2.77. The van der Waals surface area contributed by atoms with Crippen LogP contribution in [0.2, 0.25) is 0 Å². The van der Waals surface area contributed by atoms with E-state index >= 15 is 0 Å². The third kappa shape index (κ3) is 5.11. The molecule has 1 aromatic heterocycles. The molecule has 6 nitrogen and oxygen atoms in total. The molecular weight excluding hydrogens is 246 g/mol. The molecule has 0 spiro atoms. The standard InChI is InChI=1S/C13H21N3O3/c1-4-7-8-11(17)15-10-9-14-13(19-6-3)16-12(10)18-5-2/h9H,4-8H2,1-3H3,(H,15,17). The molecule has 1 heterocycles. The molecule has 6 heteroatoms. The van der Waals surface area contributed by atoms with Gasteiger partial charge < -0.3 is 14.8 Å². The van der Waals surface area contributed by atoms with Crippen LogP contribution in [0.15, 0.2) is 6.20 Å². The Bertz CT molecular complexity index is 410. The van der Waals surface area contributed by atoms with Crippen LogP contribution in [0, 0.1) is 0 Å². The molecule has 0 saturated heterocycles. The molecule has 1 aromatic rings. The van der Waals surface area contributed by atoms with E-state index in [2.05, 4.69) is 15.3 Å². The van der Waals surface area contributed by atoms with Gasteiger partial charge in [-0.1, -0.05) is 13.3 Å². The van der Waals surface area contributed by atoms with Gasteiger partial charge in [0.05, 0.1) is 19.4 Å². The summed E-state index contributed by atoms with van der Waals surface area (Å²) >= 11 is 0. The molecule has 0 atom stereocenters. The molecule has 0 aliphatic rings. The van der Waals surface area contributed by atoms with Crippen molar-refractivity contribution in [3.8, 4) is 11.9 Å². The van der Waals surface area contributed by atoms with E-state index in [1.54, 1.807) is 0 Å². The van der Waals surface area contributed by atoms with E-state index in [9.17, 15) is 4.79 Å². The average molecular weight is 267 g/mol. The first-order chi connectivity index (χ1) is 9.21. The third-order valence-corrected chi connectivity index (χ3v) is 2.32. The number of hydrogen-bond acceptors (Lipinski definition) is 5. The first-order valence-electron chi connectivity index (χ1n) is 6.63. The van der Waals surface area contributed by atoms with Gasteiger partial charge in [0, 0.05) is 6.42 Å². The number of anilines is 1. The summed E-state index contributed by atoms with van der Waals surface area (Å²) in [6, 6.07) is 0.248. The summed E-state index contributed by atoms with van der Waals surface area (Å²) in [6.07, 6.45) is 3.82. The molecule has 0 saturated carbocycles. The molecule has 0 aliphatic heterocycles. The van der Waals surface area contributed by atoms with E-state index in [0.717, 1.165) is 12.8 Å². The molecule has 0 unspecified atom stereocenters. The monoisotopic (exact) mass is 267 g/mol. The number of hydrogen-bond donors (Lipinski definition) is 1. The fraction of sp³-hybridized carbons (Fsp3) is 0.615. The topological polar surface area (TPSA) is 73.3 Å². The lowest BCUT2D eigenvalue weighted by molar-refractivity contribution is -0.116. The Morgan fingerprint density at radius 2 is 2.00 bits per heavy atom. The highest BCUT2D eigenvalue weighted by molar-refractivity contribution is 5.91. The van der Waals surface area contributed by atoms with Crippen LogP contribution in [0.3, 0.4) is 0 Å². The van der Waals surface area contributed by atoms with E-state index < -0.39 is 0 Å². The Morgan fingerprint density at radius 3 is 2.63 bits per heavy atom. The summed E-state index contributed by atoms with van der Waals surface area (Å²) in [5.41, 5.74) is 0.478. The van der Waals surface area contributed by atoms with Gasteiger partial charge in [-0.25, -0.2) is 4.98 Å². The van der Waals surface area contributed by atoms with Crippen LogP contribution in [0.1, 0.15) is 40.0 Å². The van der Waals surface area contributed by atoms with Crippen LogP contribution in [0.25, 0.3) is 0 Å². The molecule has 1 N–H and O–H groups in total. The minimum absolute atomic E-state index is 0.0597. The summed E-state index contributed by atoms with van der Waals surface area (Å²) in [5, 5.41) is 2.75. The zero-order valence-corrected chi connectivity index (χ0v) is 11.7. The molecule has 0 bridgehead atoms. The van der Waals surface area contributed by atoms with Crippen LogP contribution in [0.4, 0.5) is 5.69 Å². The molecule has 1 amide bonds. The lowest BCUT2D eigenvalue weighted by atomic mass is 10.2. The molecule has 0 aromatic carbocycles. The van der Waals surface area contributed by atoms with Gasteiger partial charge in [0.25, 0.3) is 0 Å². The van der Waals surface area contributed by atoms with Gasteiger partial charge in [0.2, 0.25) is 11.8 Å². The van der Waals surface area contributed by atoms with Crippen molar-refractivity contribution in [2.24, 2.45) is 0 Å². The van der Waals surface area contributed by atoms with Gasteiger partial charge >= 0.3 is 6.01 Å².